The summed E-state index contributed by atoms with van der Waals surface area (Å²) in [5.74, 6) is -5.00. The van der Waals surface area contributed by atoms with Gasteiger partial charge in [-0.15, -0.1) is 0 Å². The third-order valence-corrected chi connectivity index (χ3v) is 28.3. The lowest BCUT2D eigenvalue weighted by molar-refractivity contribution is -0.299. The van der Waals surface area contributed by atoms with Crippen LogP contribution in [0.5, 0.6) is 0 Å². The highest BCUT2D eigenvalue weighted by molar-refractivity contribution is 7.61. The van der Waals surface area contributed by atoms with Crippen LogP contribution in [0.15, 0.2) is 0 Å². The predicted molar refractivity (Wildman–Crippen MR) is 527 cm³/mol. The van der Waals surface area contributed by atoms with Crippen LogP contribution in [0.25, 0.3) is 0 Å². The number of aliphatic hydroxyl groups excluding tert-OH is 3. The predicted octanol–water partition coefficient (Wildman–Crippen LogP) is 23.2. The number of carbonyl (C=O) groups excluding carboxylic acids is 6. The van der Waals surface area contributed by atoms with Gasteiger partial charge in [0, 0.05) is 26.1 Å². The third kappa shape index (κ3) is 67.4. The molecule has 2 amide bonds. The molecule has 134 heavy (non-hydrogen) atoms. The lowest BCUT2D eigenvalue weighted by Gasteiger charge is -2.47. The number of hydrogen-bond donors (Lipinski definition) is 9. The van der Waals surface area contributed by atoms with Crippen LogP contribution in [-0.2, 0) is 98.2 Å². The van der Waals surface area contributed by atoms with Crippen molar-refractivity contribution in [3.05, 3.63) is 0 Å². The van der Waals surface area contributed by atoms with E-state index in [0.717, 1.165) is 263 Å². The smallest absolute Gasteiger partial charge is 0.462 e. The second kappa shape index (κ2) is 79.4. The molecule has 0 aromatic rings. The van der Waals surface area contributed by atoms with Gasteiger partial charge < -0.3 is 84.3 Å². The largest absolute Gasteiger partial charge is 0.481 e. The minimum absolute atomic E-state index is 0.0532. The maximum atomic E-state index is 15.6. The maximum Gasteiger partial charge on any atom is 0.481 e. The van der Waals surface area contributed by atoms with E-state index in [1.54, 1.807) is 20.8 Å². The van der Waals surface area contributed by atoms with E-state index in [9.17, 15) is 62.9 Å². The van der Waals surface area contributed by atoms with Crippen molar-refractivity contribution < 1.29 is 128 Å². The van der Waals surface area contributed by atoms with Crippen molar-refractivity contribution in [1.29, 1.82) is 0 Å². The Morgan fingerprint density at radius 2 is 0.709 bits per heavy atom. The molecule has 10 N–H and O–H groups in total. The second-order valence-corrected chi connectivity index (χ2v) is 44.0. The van der Waals surface area contributed by atoms with Gasteiger partial charge in [-0.1, -0.05) is 375 Å². The van der Waals surface area contributed by atoms with Gasteiger partial charge in [0.2, 0.25) is 11.8 Å². The summed E-state index contributed by atoms with van der Waals surface area (Å²) in [5.41, 5.74) is 4.53. The van der Waals surface area contributed by atoms with Crippen molar-refractivity contribution >= 4 is 58.9 Å². The molecular weight excluding hydrogens is 1780 g/mol. The van der Waals surface area contributed by atoms with Gasteiger partial charge in [-0.05, 0) is 72.1 Å². The Hall–Kier alpha value is -3.09. The molecule has 2 heterocycles. The highest BCUT2D eigenvalue weighted by atomic mass is 31.3. The van der Waals surface area contributed by atoms with E-state index in [1.165, 1.54) is 64.2 Å². The Morgan fingerprint density at radius 1 is 0.381 bits per heavy atom. The number of esters is 4. The first-order valence-corrected chi connectivity index (χ1v) is 58.6. The van der Waals surface area contributed by atoms with Crippen LogP contribution in [0.1, 0.15) is 486 Å². The van der Waals surface area contributed by atoms with E-state index < -0.39 is 196 Å². The van der Waals surface area contributed by atoms with Crippen LogP contribution in [0, 0.1) is 0 Å². The van der Waals surface area contributed by atoms with E-state index in [4.69, 9.17) is 61.5 Å². The van der Waals surface area contributed by atoms with Crippen molar-refractivity contribution in [2.24, 2.45) is 5.73 Å². The van der Waals surface area contributed by atoms with E-state index in [1.807, 2.05) is 0 Å². The number of hydrogen-bond acceptors (Lipinski definition) is 25. The first-order valence-electron chi connectivity index (χ1n) is 53.6. The average molecular weight is 1980 g/mol. The van der Waals surface area contributed by atoms with Gasteiger partial charge in [-0.25, -0.2) is 9.13 Å². The lowest BCUT2D eigenvalue weighted by Crippen LogP contribution is -2.68. The van der Waals surface area contributed by atoms with E-state index in [2.05, 4.69) is 52.2 Å². The molecule has 2 aliphatic heterocycles. The highest BCUT2D eigenvalue weighted by Gasteiger charge is 2.56. The topological polar surface area (TPSA) is 436 Å². The fourth-order valence-corrected chi connectivity index (χ4v) is 20.1. The van der Waals surface area contributed by atoms with E-state index >= 15 is 9.59 Å². The molecule has 0 saturated carbocycles. The molecule has 2 aliphatic rings. The fraction of sp³-hybridized carbons (Fsp3) is 0.941. The molecule has 0 aromatic carbocycles. The molecule has 30 nitrogen and oxygen atoms in total. The Kier molecular flexibility index (Phi) is 75.2. The van der Waals surface area contributed by atoms with Crippen LogP contribution >= 0.6 is 23.2 Å². The number of aliphatic hydroxyl groups is 3. The molecule has 0 aliphatic carbocycles. The fourth-order valence-electron chi connectivity index (χ4n) is 17.3. The zero-order chi connectivity index (χ0) is 98.9. The van der Waals surface area contributed by atoms with Crippen LogP contribution in [0.2, 0.25) is 0 Å². The summed E-state index contributed by atoms with van der Waals surface area (Å²) in [5, 5.41) is 41.2. The van der Waals surface area contributed by atoms with Crippen molar-refractivity contribution in [2.75, 3.05) is 33.0 Å². The molecular formula is C101H194N3O27P3. The second-order valence-electron chi connectivity index (χ2n) is 39.2. The molecule has 790 valence electrons. The van der Waals surface area contributed by atoms with E-state index in [-0.39, 0.29) is 45.1 Å². The Morgan fingerprint density at radius 3 is 1.09 bits per heavy atom. The summed E-state index contributed by atoms with van der Waals surface area (Å²) in [6.07, 6.45) is 33.7. The van der Waals surface area contributed by atoms with Gasteiger partial charge in [0.25, 0.3) is 0 Å². The van der Waals surface area contributed by atoms with Gasteiger partial charge in [0.1, 0.15) is 48.7 Å². The van der Waals surface area contributed by atoms with Gasteiger partial charge >= 0.3 is 47.1 Å². The number of phosphoric ester groups is 2. The first-order chi connectivity index (χ1) is 64.2. The number of nitrogens with two attached hydrogens (primary N) is 1. The molecule has 2 rings (SSSR count). The normalized spacial score (nSPS) is 21.0. The average Bonchev–Trinajstić information content (AvgIpc) is 0.773. The monoisotopic (exact) mass is 1970 g/mol. The number of unbranched alkanes of at least 4 members (excludes halogenated alkanes) is 50. The summed E-state index contributed by atoms with van der Waals surface area (Å²) >= 11 is 0. The maximum absolute atomic E-state index is 15.6. The number of nitrogens with one attached hydrogen (secondary N) is 2. The summed E-state index contributed by atoms with van der Waals surface area (Å²) in [6, 6.07) is -3.80. The first kappa shape index (κ1) is 127. The Bertz CT molecular complexity index is 3100. The van der Waals surface area contributed by atoms with Gasteiger partial charge in [0.15, 0.2) is 24.8 Å². The van der Waals surface area contributed by atoms with Gasteiger partial charge in [-0.2, -0.15) is 4.31 Å². The SMILES string of the molecule is CCCCCCCCCCCCCC(=O)O[C@H](CCCCCCCCCCC)CC(=O)O[C@@H]1C(NC(=O)C[C@@H](CCCCCCCCCCC)OC(=O)CCCCCCCCCCC)[C@H](OCC2O[C@H](OP(C)(=O)O)C(NC(=O)C[C@H](O)CCCCCCCCCCC)[C@@H](OC(=O)C[C@H](O)CCCCCCCCCCC)[C@@H]2O)OC(COC(C)(C)C)[C@H]1OP(=O)(O)OP(=O)(O)OCCN. The van der Waals surface area contributed by atoms with Crippen molar-refractivity contribution in [3.8, 4) is 0 Å². The molecule has 0 radical (unpaired) electrons. The molecule has 0 spiro atoms. The number of rotatable bonds is 90. The molecule has 33 heteroatoms. The molecule has 17 atom stereocenters. The number of carbonyl (C=O) groups is 6. The Labute approximate surface area is 809 Å². The van der Waals surface area contributed by atoms with Crippen molar-refractivity contribution in [1.82, 2.24) is 10.6 Å². The third-order valence-electron chi connectivity index (χ3n) is 25.0. The van der Waals surface area contributed by atoms with E-state index in [0.29, 0.717) is 38.5 Å². The molecule has 0 bridgehead atoms. The molecule has 7 unspecified atom stereocenters. The Balaban J connectivity index is 3.11. The number of phosphoric acid groups is 2. The molecule has 2 fully saturated rings. The molecule has 2 saturated heterocycles. The summed E-state index contributed by atoms with van der Waals surface area (Å²) in [4.78, 5) is 122. The standard InChI is InChI=1S/C101H194N3O27P3/c1-11-17-23-29-35-41-42-48-54-60-66-72-90(110)124-84(70-64-58-52-46-39-33-27-21-15-5)78-92(112)128-98-94(104-88(108)77-83(69-63-57-51-45-38-32-26-20-14-4)123-89(109)71-65-59-53-47-40-34-28-22-16-6)99(126-86(80-121-101(7,8)9)96(98)129-134(118,119)131-133(116,117)122-74-73-102)120-79-85-95(113)97(127-91(111)76-82(106)68-62-56-50-44-37-31-25-19-13-3)93(100(125-85)130-132(10,114)115)103-87(107)75-81(105)67-61-55-49-43-36-30-24-18-12-2/h81-86,93-100,105-106,113H,11-80,102H2,1-10H3,(H,103,107)(H,104,108)(H,114,115)(H,116,117)(H,118,119)/t81-,82-,83-,84-,85?,86?,93?,94?,95-,96-,97-,98-,99-,100-/m1/s1. The zero-order valence-electron chi connectivity index (χ0n) is 85.3. The zero-order valence-corrected chi connectivity index (χ0v) is 87.9. The molecule has 0 aromatic heterocycles. The van der Waals surface area contributed by atoms with Crippen LogP contribution in [0.4, 0.5) is 0 Å². The minimum Gasteiger partial charge on any atom is -0.462 e. The summed E-state index contributed by atoms with van der Waals surface area (Å²) < 4.78 is 115. The highest BCUT2D eigenvalue weighted by Crippen LogP contribution is 2.62. The number of ether oxygens (including phenoxy) is 8. The summed E-state index contributed by atoms with van der Waals surface area (Å²) in [7, 11) is -16.3. The summed E-state index contributed by atoms with van der Waals surface area (Å²) in [6.45, 7) is 16.3. The minimum atomic E-state index is -6.03. The van der Waals surface area contributed by atoms with Gasteiger partial charge in [-0.3, -0.25) is 46.9 Å². The lowest BCUT2D eigenvalue weighted by atomic mass is 9.95. The van der Waals surface area contributed by atoms with Crippen LogP contribution in [-0.4, -0.2) is 190 Å². The van der Waals surface area contributed by atoms with Crippen molar-refractivity contribution in [2.45, 2.75) is 577 Å². The van der Waals surface area contributed by atoms with Crippen molar-refractivity contribution in [3.63, 3.8) is 0 Å². The quantitative estimate of drug-likeness (QED) is 0.0118. The van der Waals surface area contributed by atoms with Gasteiger partial charge in [0.05, 0.1) is 63.3 Å². The number of amides is 2. The van der Waals surface area contributed by atoms with Crippen LogP contribution in [0.3, 0.4) is 0 Å². The van der Waals surface area contributed by atoms with Crippen LogP contribution < -0.4 is 16.4 Å².